The lowest BCUT2D eigenvalue weighted by atomic mass is 9.76. The third-order valence-corrected chi connectivity index (χ3v) is 25.3. The summed E-state index contributed by atoms with van der Waals surface area (Å²) in [6.45, 7) is 8.37. The van der Waals surface area contributed by atoms with E-state index in [0.29, 0.717) is 45.0 Å². The second-order valence-corrected chi connectivity index (χ2v) is 35.3. The summed E-state index contributed by atoms with van der Waals surface area (Å²) in [7, 11) is -0.408. The number of rotatable bonds is 21. The molecule has 137 heavy (non-hydrogen) atoms. The highest BCUT2D eigenvalue weighted by Gasteiger charge is 2.52. The van der Waals surface area contributed by atoms with E-state index in [9.17, 15) is 0 Å². The molecule has 0 N–H and O–H groups in total. The maximum atomic E-state index is 6.38. The molecule has 18 aromatic carbocycles. The van der Waals surface area contributed by atoms with Gasteiger partial charge in [-0.3, -0.25) is 0 Å². The van der Waals surface area contributed by atoms with Crippen molar-refractivity contribution < 1.29 is 9.31 Å². The van der Waals surface area contributed by atoms with Gasteiger partial charge in [-0.15, -0.1) is 0 Å². The largest absolute Gasteiger partial charge is 0.494 e. The summed E-state index contributed by atoms with van der Waals surface area (Å²) in [6.07, 6.45) is 0. The van der Waals surface area contributed by atoms with Crippen molar-refractivity contribution >= 4 is 69.2 Å². The standard InChI is InChI=1S/C73H51N3.C32H31BO2.C21H13Cl2N3/c1-8-24-54(25-9-1)67(55-26-10-2-11-27-55)69(58-32-16-5-17-33-58)65-40-22-38-63(50-65)52-42-46-61(47-43-52)72-74-71(60-36-20-7-21-37-60)75-73(76-72)62-48-44-53(45-49-62)64-39-23-41-66(51-64)70(59-34-18-6-19-35-59)68(56-28-12-3-13-29-56)57-30-14-4-15-31-57;1-31(2)32(3,4)35-33(34-31)28-22-14-21-27(23-28)30(26-19-12-7-13-20-26)29(24-15-8-5-9-16-24)25-17-10-6-11-18-25;22-17-10-6-15(7-11-17)20-24-19(14-4-2-1-3-5-14)25-21(26-20)16-8-12-18(23)13-9-16/h1-51H;5-23H,1-4H3;1-13H. The Hall–Kier alpha value is -16.2. The zero-order valence-corrected chi connectivity index (χ0v) is 77.8. The fourth-order valence-corrected chi connectivity index (χ4v) is 17.5. The van der Waals surface area contributed by atoms with Crippen molar-refractivity contribution in [2.24, 2.45) is 0 Å². The van der Waals surface area contributed by atoms with E-state index < -0.39 is 7.12 Å². The van der Waals surface area contributed by atoms with Gasteiger partial charge in [0.2, 0.25) is 0 Å². The lowest BCUT2D eigenvalue weighted by molar-refractivity contribution is 0.00578. The Morgan fingerprint density at radius 2 is 0.343 bits per heavy atom. The lowest BCUT2D eigenvalue weighted by Crippen LogP contribution is -2.41. The van der Waals surface area contributed by atoms with Crippen molar-refractivity contribution in [2.75, 3.05) is 0 Å². The molecule has 20 aromatic rings. The molecule has 0 unspecified atom stereocenters. The first-order valence-electron chi connectivity index (χ1n) is 46.0. The molecule has 2 aromatic heterocycles. The van der Waals surface area contributed by atoms with E-state index in [-0.39, 0.29) is 11.2 Å². The summed E-state index contributed by atoms with van der Waals surface area (Å²) in [5.41, 5.74) is 31.1. The highest BCUT2D eigenvalue weighted by Crippen LogP contribution is 2.44. The molecule has 1 aliphatic heterocycles. The van der Waals surface area contributed by atoms with Crippen LogP contribution in [0.4, 0.5) is 0 Å². The fraction of sp³-hybridized carbons (Fsp3) is 0.0476. The topological polar surface area (TPSA) is 95.8 Å². The normalized spacial score (nSPS) is 12.2. The Bertz CT molecular complexity index is 7160. The monoisotopic (exact) mass is 1800 g/mol. The van der Waals surface area contributed by atoms with E-state index in [0.717, 1.165) is 111 Å². The minimum absolute atomic E-state index is 0.384. The van der Waals surface area contributed by atoms with Gasteiger partial charge in [0.25, 0.3) is 0 Å². The third-order valence-electron chi connectivity index (χ3n) is 24.8. The second kappa shape index (κ2) is 41.9. The van der Waals surface area contributed by atoms with Crippen molar-refractivity contribution in [1.82, 2.24) is 29.9 Å². The van der Waals surface area contributed by atoms with Gasteiger partial charge in [-0.25, -0.2) is 29.9 Å². The highest BCUT2D eigenvalue weighted by molar-refractivity contribution is 6.62. The number of hydrogen-bond acceptors (Lipinski definition) is 8. The molecule has 1 saturated heterocycles. The van der Waals surface area contributed by atoms with Crippen molar-refractivity contribution in [1.29, 1.82) is 0 Å². The predicted molar refractivity (Wildman–Crippen MR) is 568 cm³/mol. The van der Waals surface area contributed by atoms with Gasteiger partial charge in [-0.05, 0) is 216 Å². The molecule has 0 amide bonds. The smallest absolute Gasteiger partial charge is 0.399 e. The summed E-state index contributed by atoms with van der Waals surface area (Å²) in [4.78, 5) is 29.3. The number of benzene rings is 18. The van der Waals surface area contributed by atoms with Crippen LogP contribution in [0.5, 0.6) is 0 Å². The van der Waals surface area contributed by atoms with Crippen LogP contribution in [0.1, 0.15) is 94.5 Å². The molecular weight excluding hydrogens is 1710 g/mol. The lowest BCUT2D eigenvalue weighted by Gasteiger charge is -2.32. The Kier molecular flexibility index (Phi) is 27.5. The van der Waals surface area contributed by atoms with E-state index in [4.69, 9.17) is 47.5 Å². The van der Waals surface area contributed by atoms with Crippen molar-refractivity contribution in [3.05, 3.63) is 580 Å². The number of halogens is 2. The molecule has 0 aliphatic carbocycles. The molecule has 0 bridgehead atoms. The molecule has 11 heteroatoms. The SMILES string of the molecule is CC1(C)OB(c2cccc(C(=C(c3ccccc3)c3ccccc3)c3ccccc3)c2)OC1(C)C.Clc1ccc(-c2nc(-c3ccccc3)nc(-c3ccc(Cl)cc3)n2)cc1.c1ccc(C(=C(c2ccccc2)c2cccc(-c3ccc(-c4nc(-c5ccccc5)nc(-c5ccc(-c6cccc(C(=C(c7ccccc7)c7ccccc7)c7ccccc7)c6)cc5)n4)cc3)c2)c2ccccc2)cc1. The van der Waals surface area contributed by atoms with Gasteiger partial charge in [0.1, 0.15) is 0 Å². The molecule has 658 valence electrons. The molecular formula is C126H95BCl2N6O2. The maximum Gasteiger partial charge on any atom is 0.494 e. The van der Waals surface area contributed by atoms with E-state index in [2.05, 4.69) is 437 Å². The minimum Gasteiger partial charge on any atom is -0.399 e. The zero-order valence-electron chi connectivity index (χ0n) is 76.3. The van der Waals surface area contributed by atoms with Crippen LogP contribution in [0.2, 0.25) is 10.0 Å². The van der Waals surface area contributed by atoms with Crippen LogP contribution in [-0.2, 0) is 9.31 Å². The summed E-state index contributed by atoms with van der Waals surface area (Å²) >= 11 is 12.0. The maximum absolute atomic E-state index is 6.38. The molecule has 3 heterocycles. The minimum atomic E-state index is -0.408. The molecule has 21 rings (SSSR count). The number of nitrogens with zero attached hydrogens (tertiary/aromatic N) is 6. The van der Waals surface area contributed by atoms with Gasteiger partial charge in [-0.2, -0.15) is 0 Å². The Morgan fingerprint density at radius 1 is 0.175 bits per heavy atom. The van der Waals surface area contributed by atoms with Gasteiger partial charge in [-0.1, -0.05) is 466 Å². The Labute approximate surface area is 812 Å². The first-order chi connectivity index (χ1) is 67.2. The van der Waals surface area contributed by atoms with E-state index in [1.54, 1.807) is 0 Å². The fourth-order valence-electron chi connectivity index (χ4n) is 17.2. The van der Waals surface area contributed by atoms with Crippen molar-refractivity contribution in [2.45, 2.75) is 38.9 Å². The van der Waals surface area contributed by atoms with E-state index >= 15 is 0 Å². The quantitative estimate of drug-likeness (QED) is 0.0519. The number of aromatic nitrogens is 6. The first kappa shape index (κ1) is 90.0. The van der Waals surface area contributed by atoms with Crippen LogP contribution in [0.25, 0.3) is 124 Å². The van der Waals surface area contributed by atoms with Gasteiger partial charge in [0.05, 0.1) is 11.2 Å². The average molecular weight is 1810 g/mol. The van der Waals surface area contributed by atoms with Crippen molar-refractivity contribution in [3.8, 4) is 90.6 Å². The van der Waals surface area contributed by atoms with E-state index in [1.807, 2.05) is 109 Å². The molecule has 8 nitrogen and oxygen atoms in total. The average Bonchev–Trinajstić information content (AvgIpc) is 1.58. The third kappa shape index (κ3) is 21.1. The highest BCUT2D eigenvalue weighted by atomic mass is 35.5. The summed E-state index contributed by atoms with van der Waals surface area (Å²) in [5, 5.41) is 1.34. The molecule has 0 saturated carbocycles. The Morgan fingerprint density at radius 3 is 0.577 bits per heavy atom. The van der Waals surface area contributed by atoms with Crippen LogP contribution in [0.15, 0.2) is 504 Å². The van der Waals surface area contributed by atoms with Gasteiger partial charge < -0.3 is 9.31 Å². The summed E-state index contributed by atoms with van der Waals surface area (Å²) in [6, 6.07) is 175. The predicted octanol–water partition coefficient (Wildman–Crippen LogP) is 31.4. The molecule has 0 spiro atoms. The Balaban J connectivity index is 0.000000160. The van der Waals surface area contributed by atoms with Crippen LogP contribution in [0, 0.1) is 0 Å². The van der Waals surface area contributed by atoms with Gasteiger partial charge >= 0.3 is 7.12 Å². The molecule has 1 aliphatic rings. The molecule has 1 fully saturated rings. The summed E-state index contributed by atoms with van der Waals surface area (Å²) < 4.78 is 12.8. The van der Waals surface area contributed by atoms with Crippen LogP contribution in [-0.4, -0.2) is 48.2 Å². The summed E-state index contributed by atoms with van der Waals surface area (Å²) in [5.74, 6) is 3.66. The zero-order chi connectivity index (χ0) is 93.3. The van der Waals surface area contributed by atoms with Crippen LogP contribution in [0.3, 0.4) is 0 Å². The van der Waals surface area contributed by atoms with Crippen LogP contribution < -0.4 is 5.46 Å². The molecule has 0 radical (unpaired) electrons. The van der Waals surface area contributed by atoms with Crippen LogP contribution >= 0.6 is 23.2 Å². The molecule has 0 atom stereocenters. The van der Waals surface area contributed by atoms with Crippen molar-refractivity contribution in [3.63, 3.8) is 0 Å². The second-order valence-electron chi connectivity index (χ2n) is 34.4. The van der Waals surface area contributed by atoms with Gasteiger partial charge in [0, 0.05) is 43.4 Å². The van der Waals surface area contributed by atoms with E-state index in [1.165, 1.54) is 50.1 Å². The van der Waals surface area contributed by atoms with Gasteiger partial charge in [0.15, 0.2) is 34.9 Å². The number of hydrogen-bond donors (Lipinski definition) is 0. The first-order valence-corrected chi connectivity index (χ1v) is 46.8.